The first-order chi connectivity index (χ1) is 13.5. The zero-order valence-corrected chi connectivity index (χ0v) is 16.9. The summed E-state index contributed by atoms with van der Waals surface area (Å²) in [6.45, 7) is 6.73. The molecule has 1 amide bonds. The second-order valence-corrected chi connectivity index (χ2v) is 7.53. The van der Waals surface area contributed by atoms with Gasteiger partial charge in [-0.3, -0.25) is 4.79 Å². The Morgan fingerprint density at radius 3 is 2.14 bits per heavy atom. The number of benzene rings is 3. The summed E-state index contributed by atoms with van der Waals surface area (Å²) in [4.78, 5) is 12.7. The maximum absolute atomic E-state index is 12.7. The van der Waals surface area contributed by atoms with Gasteiger partial charge in [0, 0.05) is 16.8 Å². The normalized spacial score (nSPS) is 12.0. The van der Waals surface area contributed by atoms with Crippen LogP contribution in [0.25, 0.3) is 0 Å². The number of aryl methyl sites for hydroxylation is 1. The van der Waals surface area contributed by atoms with Gasteiger partial charge in [-0.2, -0.15) is 0 Å². The fourth-order valence-corrected chi connectivity index (χ4v) is 3.44. The van der Waals surface area contributed by atoms with E-state index in [1.807, 2.05) is 36.4 Å². The van der Waals surface area contributed by atoms with Gasteiger partial charge in [0.05, 0.1) is 0 Å². The van der Waals surface area contributed by atoms with Crippen LogP contribution in [0.5, 0.6) is 0 Å². The Morgan fingerprint density at radius 2 is 1.46 bits per heavy atom. The van der Waals surface area contributed by atoms with Crippen molar-refractivity contribution in [2.75, 3.05) is 11.9 Å². The monoisotopic (exact) mass is 373 g/mol. The molecule has 0 unspecified atom stereocenters. The molecule has 0 aliphatic carbocycles. The summed E-state index contributed by atoms with van der Waals surface area (Å²) in [5.41, 5.74) is 5.70. The number of rotatable bonds is 7. The fraction of sp³-hybridized carbons (Fsp3) is 0.240. The minimum absolute atomic E-state index is 0.0149. The molecule has 0 radical (unpaired) electrons. The minimum Gasteiger partial charge on any atom is -0.328 e. The maximum Gasteiger partial charge on any atom is 0.279 e. The highest BCUT2D eigenvalue weighted by Gasteiger charge is 2.19. The zero-order valence-electron chi connectivity index (χ0n) is 16.9. The van der Waals surface area contributed by atoms with Gasteiger partial charge in [-0.15, -0.1) is 0 Å². The molecule has 3 N–H and O–H groups in total. The summed E-state index contributed by atoms with van der Waals surface area (Å²) < 4.78 is 0. The average molecular weight is 374 g/mol. The zero-order chi connectivity index (χ0) is 19.9. The van der Waals surface area contributed by atoms with Crippen LogP contribution in [0.3, 0.4) is 0 Å². The molecule has 0 saturated carbocycles. The van der Waals surface area contributed by atoms with Crippen LogP contribution in [0.4, 0.5) is 5.69 Å². The second kappa shape index (κ2) is 9.34. The number of anilines is 1. The molecule has 28 heavy (non-hydrogen) atoms. The van der Waals surface area contributed by atoms with Crippen LogP contribution in [-0.4, -0.2) is 12.5 Å². The molecule has 0 spiro atoms. The quantitative estimate of drug-likeness (QED) is 0.633. The summed E-state index contributed by atoms with van der Waals surface area (Å²) in [6.07, 6.45) is 0. The van der Waals surface area contributed by atoms with E-state index < -0.39 is 0 Å². The number of nitrogens with two attached hydrogens (primary N) is 1. The van der Waals surface area contributed by atoms with Gasteiger partial charge in [0.15, 0.2) is 6.54 Å². The van der Waals surface area contributed by atoms with Crippen molar-refractivity contribution in [3.8, 4) is 0 Å². The topological polar surface area (TPSA) is 45.7 Å². The molecular weight excluding hydrogens is 344 g/mol. The standard InChI is InChI=1S/C25H28N2O/c1-18(2)22-11-7-8-12-23(22)27-24(28)17-26-25(20-9-5-4-6-10-20)21-15-13-19(3)14-16-21/h4-16,18,25-26H,17H2,1-3H3,(H,27,28)/p+1/t25-/m1/s1. The molecule has 3 aromatic carbocycles. The van der Waals surface area contributed by atoms with Crippen LogP contribution in [0.1, 0.15) is 48.1 Å². The van der Waals surface area contributed by atoms with Crippen molar-refractivity contribution < 1.29 is 10.1 Å². The summed E-state index contributed by atoms with van der Waals surface area (Å²) >= 11 is 0. The van der Waals surface area contributed by atoms with E-state index in [1.54, 1.807) is 0 Å². The van der Waals surface area contributed by atoms with Gasteiger partial charge in [0.1, 0.15) is 6.04 Å². The lowest BCUT2D eigenvalue weighted by Gasteiger charge is -2.18. The smallest absolute Gasteiger partial charge is 0.279 e. The maximum atomic E-state index is 12.7. The Kier molecular flexibility index (Phi) is 6.62. The van der Waals surface area contributed by atoms with Gasteiger partial charge in [-0.05, 0) is 24.5 Å². The number of quaternary nitrogens is 1. The summed E-state index contributed by atoms with van der Waals surface area (Å²) in [5, 5.41) is 5.19. The first kappa shape index (κ1) is 19.8. The van der Waals surface area contributed by atoms with Crippen LogP contribution in [0.2, 0.25) is 0 Å². The van der Waals surface area contributed by atoms with E-state index in [2.05, 4.69) is 73.9 Å². The summed E-state index contributed by atoms with van der Waals surface area (Å²) in [7, 11) is 0. The highest BCUT2D eigenvalue weighted by Crippen LogP contribution is 2.23. The number of carbonyl (C=O) groups excluding carboxylic acids is 1. The van der Waals surface area contributed by atoms with Crippen LogP contribution < -0.4 is 10.6 Å². The van der Waals surface area contributed by atoms with Crippen LogP contribution >= 0.6 is 0 Å². The Hall–Kier alpha value is -2.91. The molecule has 0 aliphatic rings. The van der Waals surface area contributed by atoms with E-state index in [0.717, 1.165) is 11.3 Å². The van der Waals surface area contributed by atoms with Crippen LogP contribution in [0, 0.1) is 6.92 Å². The molecule has 0 heterocycles. The van der Waals surface area contributed by atoms with Crippen molar-refractivity contribution in [1.29, 1.82) is 0 Å². The Bertz CT molecular complexity index is 901. The molecule has 144 valence electrons. The van der Waals surface area contributed by atoms with Gasteiger partial charge in [-0.1, -0.05) is 92.2 Å². The number of para-hydroxylation sites is 1. The number of carbonyl (C=O) groups is 1. The predicted molar refractivity (Wildman–Crippen MR) is 115 cm³/mol. The number of nitrogens with one attached hydrogen (secondary N) is 1. The second-order valence-electron chi connectivity index (χ2n) is 7.53. The minimum atomic E-state index is 0.0149. The molecular formula is C25H29N2O+. The first-order valence-electron chi connectivity index (χ1n) is 9.88. The van der Waals surface area contributed by atoms with E-state index in [9.17, 15) is 4.79 Å². The van der Waals surface area contributed by atoms with E-state index in [4.69, 9.17) is 0 Å². The SMILES string of the molecule is Cc1ccc([C@H]([NH2+]CC(=O)Nc2ccccc2C(C)C)c2ccccc2)cc1. The first-order valence-corrected chi connectivity index (χ1v) is 9.88. The number of amides is 1. The summed E-state index contributed by atoms with van der Waals surface area (Å²) in [6, 6.07) is 27.0. The van der Waals surface area contributed by atoms with E-state index in [0.29, 0.717) is 12.5 Å². The van der Waals surface area contributed by atoms with Crippen molar-refractivity contribution in [2.24, 2.45) is 0 Å². The van der Waals surface area contributed by atoms with Gasteiger partial charge in [0.25, 0.3) is 5.91 Å². The average Bonchev–Trinajstić information content (AvgIpc) is 2.70. The molecule has 3 heteroatoms. The number of hydrogen-bond donors (Lipinski definition) is 2. The van der Waals surface area contributed by atoms with E-state index in [1.165, 1.54) is 16.7 Å². The lowest BCUT2D eigenvalue weighted by Crippen LogP contribution is -2.87. The predicted octanol–water partition coefficient (Wildman–Crippen LogP) is 4.41. The highest BCUT2D eigenvalue weighted by atomic mass is 16.1. The molecule has 0 aliphatic heterocycles. The van der Waals surface area contributed by atoms with Crippen molar-refractivity contribution in [3.05, 3.63) is 101 Å². The highest BCUT2D eigenvalue weighted by molar-refractivity contribution is 5.92. The Balaban J connectivity index is 1.73. The number of hydrogen-bond acceptors (Lipinski definition) is 1. The molecule has 3 rings (SSSR count). The van der Waals surface area contributed by atoms with E-state index >= 15 is 0 Å². The van der Waals surface area contributed by atoms with Crippen LogP contribution in [0.15, 0.2) is 78.9 Å². The fourth-order valence-electron chi connectivity index (χ4n) is 3.44. The summed E-state index contributed by atoms with van der Waals surface area (Å²) in [5.74, 6) is 0.381. The van der Waals surface area contributed by atoms with Gasteiger partial charge in [0.2, 0.25) is 0 Å². The molecule has 0 bridgehead atoms. The van der Waals surface area contributed by atoms with Gasteiger partial charge in [-0.25, -0.2) is 0 Å². The molecule has 3 nitrogen and oxygen atoms in total. The molecule has 3 aromatic rings. The van der Waals surface area contributed by atoms with Crippen LogP contribution in [-0.2, 0) is 4.79 Å². The molecule has 1 atom stereocenters. The lowest BCUT2D eigenvalue weighted by atomic mass is 9.98. The third-order valence-corrected chi connectivity index (χ3v) is 4.99. The van der Waals surface area contributed by atoms with Crippen molar-refractivity contribution >= 4 is 11.6 Å². The molecule has 0 fully saturated rings. The molecule has 0 saturated heterocycles. The third kappa shape index (κ3) is 5.08. The third-order valence-electron chi connectivity index (χ3n) is 4.99. The van der Waals surface area contributed by atoms with Gasteiger partial charge >= 0.3 is 0 Å². The largest absolute Gasteiger partial charge is 0.328 e. The van der Waals surface area contributed by atoms with Crippen molar-refractivity contribution in [3.63, 3.8) is 0 Å². The lowest BCUT2D eigenvalue weighted by molar-refractivity contribution is -0.676. The van der Waals surface area contributed by atoms with Gasteiger partial charge < -0.3 is 10.6 Å². The Morgan fingerprint density at radius 1 is 0.857 bits per heavy atom. The molecule has 0 aromatic heterocycles. The van der Waals surface area contributed by atoms with Crippen molar-refractivity contribution in [1.82, 2.24) is 0 Å². The van der Waals surface area contributed by atoms with E-state index in [-0.39, 0.29) is 11.9 Å². The van der Waals surface area contributed by atoms with Crippen molar-refractivity contribution in [2.45, 2.75) is 32.7 Å². The Labute approximate surface area is 167 Å².